The molecule has 33 heavy (non-hydrogen) atoms. The van der Waals surface area contributed by atoms with Crippen molar-refractivity contribution in [2.75, 3.05) is 23.5 Å². The van der Waals surface area contributed by atoms with Gasteiger partial charge in [0.25, 0.3) is 5.91 Å². The lowest BCUT2D eigenvalue weighted by Gasteiger charge is -2.14. The molecule has 166 valence electrons. The van der Waals surface area contributed by atoms with Crippen molar-refractivity contribution in [2.45, 2.75) is 6.54 Å². The number of carbonyl (C=O) groups is 1. The number of hydrogen-bond acceptors (Lipinski definition) is 7. The molecule has 0 fully saturated rings. The van der Waals surface area contributed by atoms with E-state index in [1.807, 2.05) is 66.7 Å². The van der Waals surface area contributed by atoms with Gasteiger partial charge in [-0.3, -0.25) is 4.79 Å². The molecular weight excluding hydrogens is 416 g/mol. The number of hydrogen-bond donors (Lipinski definition) is 4. The molecule has 8 heteroatoms. The van der Waals surface area contributed by atoms with E-state index in [2.05, 4.69) is 25.9 Å². The highest BCUT2D eigenvalue weighted by Gasteiger charge is 2.16. The van der Waals surface area contributed by atoms with Crippen molar-refractivity contribution in [3.63, 3.8) is 0 Å². The van der Waals surface area contributed by atoms with E-state index in [0.717, 1.165) is 17.0 Å². The zero-order chi connectivity index (χ0) is 23.0. The molecule has 3 aromatic carbocycles. The lowest BCUT2D eigenvalue weighted by atomic mass is 10.2. The summed E-state index contributed by atoms with van der Waals surface area (Å²) in [5, 5.41) is 9.25. The first-order valence-corrected chi connectivity index (χ1v) is 10.3. The molecule has 0 unspecified atom stereocenters. The molecule has 1 amide bonds. The second kappa shape index (κ2) is 10.1. The number of carbonyl (C=O) groups excluding carboxylic acids is 1. The van der Waals surface area contributed by atoms with Crippen LogP contribution >= 0.6 is 0 Å². The zero-order valence-electron chi connectivity index (χ0n) is 18.1. The number of nitrogens with two attached hydrogens (primary N) is 1. The van der Waals surface area contributed by atoms with E-state index in [0.29, 0.717) is 35.2 Å². The SMILES string of the molecule is COc1ccc(CNC(=O)c2cnc(Nc3ccccc3)nc2Nc2cccc(N)c2)cc1. The van der Waals surface area contributed by atoms with Gasteiger partial charge in [0.1, 0.15) is 17.1 Å². The third-order valence-electron chi connectivity index (χ3n) is 4.82. The van der Waals surface area contributed by atoms with Crippen LogP contribution in [0, 0.1) is 0 Å². The molecule has 0 atom stereocenters. The number of nitrogens with zero attached hydrogens (tertiary/aromatic N) is 2. The van der Waals surface area contributed by atoms with E-state index < -0.39 is 0 Å². The Labute approximate surface area is 191 Å². The maximum Gasteiger partial charge on any atom is 0.256 e. The first-order valence-electron chi connectivity index (χ1n) is 10.3. The Kier molecular flexibility index (Phi) is 6.65. The van der Waals surface area contributed by atoms with Gasteiger partial charge in [-0.25, -0.2) is 4.98 Å². The standard InChI is InChI=1S/C25H24N6O2/c1-33-21-12-10-17(11-13-21)15-27-24(32)22-16-28-25(30-19-7-3-2-4-8-19)31-23(22)29-20-9-5-6-18(26)14-20/h2-14,16H,15,26H2,1H3,(H,27,32)(H2,28,29,30,31). The van der Waals surface area contributed by atoms with Gasteiger partial charge in [-0.05, 0) is 48.0 Å². The molecule has 0 aliphatic rings. The molecule has 0 spiro atoms. The molecule has 1 heterocycles. The fraction of sp³-hybridized carbons (Fsp3) is 0.0800. The van der Waals surface area contributed by atoms with Gasteiger partial charge < -0.3 is 26.4 Å². The summed E-state index contributed by atoms with van der Waals surface area (Å²) in [5.74, 6) is 1.18. The van der Waals surface area contributed by atoms with Gasteiger partial charge in [-0.2, -0.15) is 4.98 Å². The Hall–Kier alpha value is -4.59. The van der Waals surface area contributed by atoms with Crippen molar-refractivity contribution in [1.82, 2.24) is 15.3 Å². The molecule has 4 rings (SSSR count). The Morgan fingerprint density at radius 2 is 1.70 bits per heavy atom. The highest BCUT2D eigenvalue weighted by atomic mass is 16.5. The van der Waals surface area contributed by atoms with Crippen LogP contribution in [0.25, 0.3) is 0 Å². The summed E-state index contributed by atoms with van der Waals surface area (Å²) < 4.78 is 5.17. The predicted molar refractivity (Wildman–Crippen MR) is 130 cm³/mol. The van der Waals surface area contributed by atoms with Crippen LogP contribution in [-0.4, -0.2) is 23.0 Å². The van der Waals surface area contributed by atoms with E-state index >= 15 is 0 Å². The lowest BCUT2D eigenvalue weighted by Crippen LogP contribution is -2.24. The van der Waals surface area contributed by atoms with Crippen molar-refractivity contribution in [1.29, 1.82) is 0 Å². The number of nitrogen functional groups attached to an aromatic ring is 1. The number of nitrogens with one attached hydrogen (secondary N) is 3. The van der Waals surface area contributed by atoms with Gasteiger partial charge in [-0.1, -0.05) is 36.4 Å². The normalized spacial score (nSPS) is 10.3. The Balaban J connectivity index is 1.56. The minimum absolute atomic E-state index is 0.302. The number of amides is 1. The van der Waals surface area contributed by atoms with Crippen LogP contribution in [0.5, 0.6) is 5.75 Å². The largest absolute Gasteiger partial charge is 0.497 e. The number of methoxy groups -OCH3 is 1. The summed E-state index contributed by atoms with van der Waals surface area (Å²) in [7, 11) is 1.61. The molecule has 5 N–H and O–H groups in total. The van der Waals surface area contributed by atoms with E-state index in [1.165, 1.54) is 6.20 Å². The lowest BCUT2D eigenvalue weighted by molar-refractivity contribution is 0.0951. The number of anilines is 5. The third-order valence-corrected chi connectivity index (χ3v) is 4.82. The van der Waals surface area contributed by atoms with Gasteiger partial charge in [0, 0.05) is 29.8 Å². The molecular formula is C25H24N6O2. The summed E-state index contributed by atoms with van der Waals surface area (Å²) >= 11 is 0. The Morgan fingerprint density at radius 1 is 0.939 bits per heavy atom. The first-order chi connectivity index (χ1) is 16.1. The van der Waals surface area contributed by atoms with Crippen LogP contribution < -0.4 is 26.4 Å². The van der Waals surface area contributed by atoms with E-state index in [9.17, 15) is 4.79 Å². The van der Waals surface area contributed by atoms with Crippen molar-refractivity contribution in [3.8, 4) is 5.75 Å². The van der Waals surface area contributed by atoms with Crippen LogP contribution in [0.1, 0.15) is 15.9 Å². The van der Waals surface area contributed by atoms with E-state index in [1.54, 1.807) is 19.2 Å². The molecule has 0 aliphatic carbocycles. The minimum atomic E-state index is -0.302. The van der Waals surface area contributed by atoms with Crippen molar-refractivity contribution >= 4 is 34.7 Å². The molecule has 0 bridgehead atoms. The van der Waals surface area contributed by atoms with Crippen LogP contribution in [0.4, 0.5) is 28.8 Å². The van der Waals surface area contributed by atoms with Gasteiger partial charge in [0.2, 0.25) is 5.95 Å². The Bertz CT molecular complexity index is 1230. The average molecular weight is 441 g/mol. The second-order valence-corrected chi connectivity index (χ2v) is 7.23. The predicted octanol–water partition coefficient (Wildman–Crippen LogP) is 4.48. The zero-order valence-corrected chi connectivity index (χ0v) is 18.1. The van der Waals surface area contributed by atoms with Gasteiger partial charge in [0.05, 0.1) is 7.11 Å². The molecule has 1 aromatic heterocycles. The molecule has 0 aliphatic heterocycles. The molecule has 0 saturated carbocycles. The molecule has 0 radical (unpaired) electrons. The summed E-state index contributed by atoms with van der Waals surface area (Å²) in [6.45, 7) is 0.352. The molecule has 8 nitrogen and oxygen atoms in total. The Morgan fingerprint density at radius 3 is 2.42 bits per heavy atom. The van der Waals surface area contributed by atoms with Crippen LogP contribution in [0.2, 0.25) is 0 Å². The van der Waals surface area contributed by atoms with E-state index in [-0.39, 0.29) is 5.91 Å². The summed E-state index contributed by atoms with van der Waals surface area (Å²) in [6, 6.07) is 24.3. The number of ether oxygens (including phenoxy) is 1. The fourth-order valence-corrected chi connectivity index (χ4v) is 3.13. The molecule has 0 saturated heterocycles. The fourth-order valence-electron chi connectivity index (χ4n) is 3.13. The van der Waals surface area contributed by atoms with Gasteiger partial charge >= 0.3 is 0 Å². The quantitative estimate of drug-likeness (QED) is 0.299. The topological polar surface area (TPSA) is 114 Å². The van der Waals surface area contributed by atoms with Crippen LogP contribution in [0.3, 0.4) is 0 Å². The van der Waals surface area contributed by atoms with Crippen molar-refractivity contribution < 1.29 is 9.53 Å². The average Bonchev–Trinajstić information content (AvgIpc) is 2.84. The summed E-state index contributed by atoms with van der Waals surface area (Å²) in [4.78, 5) is 21.9. The number of benzene rings is 3. The number of para-hydroxylation sites is 1. The third kappa shape index (κ3) is 5.76. The maximum atomic E-state index is 13.0. The maximum absolute atomic E-state index is 13.0. The van der Waals surface area contributed by atoms with Crippen LogP contribution in [0.15, 0.2) is 85.1 Å². The van der Waals surface area contributed by atoms with E-state index in [4.69, 9.17) is 10.5 Å². The first kappa shape index (κ1) is 21.6. The van der Waals surface area contributed by atoms with Crippen molar-refractivity contribution in [2.24, 2.45) is 0 Å². The van der Waals surface area contributed by atoms with Gasteiger partial charge in [-0.15, -0.1) is 0 Å². The number of rotatable bonds is 8. The second-order valence-electron chi connectivity index (χ2n) is 7.23. The summed E-state index contributed by atoms with van der Waals surface area (Å²) in [5.41, 5.74) is 9.30. The highest BCUT2D eigenvalue weighted by Crippen LogP contribution is 2.23. The number of aromatic nitrogens is 2. The van der Waals surface area contributed by atoms with Crippen LogP contribution in [-0.2, 0) is 6.54 Å². The highest BCUT2D eigenvalue weighted by molar-refractivity contribution is 5.99. The van der Waals surface area contributed by atoms with Crippen molar-refractivity contribution in [3.05, 3.63) is 96.2 Å². The summed E-state index contributed by atoms with van der Waals surface area (Å²) in [6.07, 6.45) is 1.50. The van der Waals surface area contributed by atoms with Gasteiger partial charge in [0.15, 0.2) is 0 Å². The minimum Gasteiger partial charge on any atom is -0.497 e. The monoisotopic (exact) mass is 440 g/mol. The molecule has 4 aromatic rings. The smallest absolute Gasteiger partial charge is 0.256 e.